The molecule has 1 aromatic carbocycles. The van der Waals surface area contributed by atoms with Crippen LogP contribution in [-0.2, 0) is 6.61 Å². The summed E-state index contributed by atoms with van der Waals surface area (Å²) in [4.78, 5) is 8.34. The molecule has 0 saturated carbocycles. The van der Waals surface area contributed by atoms with Crippen LogP contribution in [0.2, 0.25) is 0 Å². The lowest BCUT2D eigenvalue weighted by atomic mass is 10.2. The van der Waals surface area contributed by atoms with Crippen LogP contribution in [0.4, 0.5) is 0 Å². The maximum absolute atomic E-state index is 8.86. The van der Waals surface area contributed by atoms with Crippen LogP contribution in [0.3, 0.4) is 0 Å². The molecule has 0 saturated heterocycles. The third-order valence-electron chi connectivity index (χ3n) is 1.97. The second kappa shape index (κ2) is 4.51. The SMILES string of the molecule is OCc1cnc(-c2cccc(Br)c2)nc1. The van der Waals surface area contributed by atoms with E-state index in [-0.39, 0.29) is 6.61 Å². The summed E-state index contributed by atoms with van der Waals surface area (Å²) in [5.41, 5.74) is 1.67. The Morgan fingerprint density at radius 2 is 1.93 bits per heavy atom. The third-order valence-corrected chi connectivity index (χ3v) is 2.46. The van der Waals surface area contributed by atoms with Gasteiger partial charge in [0.2, 0.25) is 0 Å². The molecular weight excluding hydrogens is 256 g/mol. The molecule has 0 amide bonds. The monoisotopic (exact) mass is 264 g/mol. The van der Waals surface area contributed by atoms with Crippen molar-refractivity contribution in [1.82, 2.24) is 9.97 Å². The highest BCUT2D eigenvalue weighted by atomic mass is 79.9. The van der Waals surface area contributed by atoms with Crippen molar-refractivity contribution < 1.29 is 5.11 Å². The Morgan fingerprint density at radius 1 is 1.20 bits per heavy atom. The van der Waals surface area contributed by atoms with Gasteiger partial charge in [0, 0.05) is 28.0 Å². The maximum Gasteiger partial charge on any atom is 0.159 e. The van der Waals surface area contributed by atoms with E-state index in [1.807, 2.05) is 24.3 Å². The average Bonchev–Trinajstić information content (AvgIpc) is 2.29. The molecule has 2 aromatic rings. The van der Waals surface area contributed by atoms with Gasteiger partial charge in [0.15, 0.2) is 5.82 Å². The zero-order chi connectivity index (χ0) is 10.7. The molecule has 0 aliphatic rings. The number of rotatable bonds is 2. The first-order valence-corrected chi connectivity index (χ1v) is 5.26. The zero-order valence-electron chi connectivity index (χ0n) is 7.89. The molecule has 1 heterocycles. The molecule has 4 heteroatoms. The molecule has 3 nitrogen and oxygen atoms in total. The largest absolute Gasteiger partial charge is 0.392 e. The molecule has 15 heavy (non-hydrogen) atoms. The Kier molecular flexibility index (Phi) is 3.08. The highest BCUT2D eigenvalue weighted by Crippen LogP contribution is 2.19. The van der Waals surface area contributed by atoms with E-state index in [1.165, 1.54) is 0 Å². The van der Waals surface area contributed by atoms with Gasteiger partial charge in [0.25, 0.3) is 0 Å². The van der Waals surface area contributed by atoms with Crippen molar-refractivity contribution in [2.45, 2.75) is 6.61 Å². The van der Waals surface area contributed by atoms with Gasteiger partial charge in [-0.3, -0.25) is 0 Å². The van der Waals surface area contributed by atoms with Crippen LogP contribution in [0, 0.1) is 0 Å². The molecule has 0 unspecified atom stereocenters. The van der Waals surface area contributed by atoms with Gasteiger partial charge < -0.3 is 5.11 Å². The van der Waals surface area contributed by atoms with Crippen LogP contribution in [0.5, 0.6) is 0 Å². The Labute approximate surface area is 96.0 Å². The maximum atomic E-state index is 8.86. The normalized spacial score (nSPS) is 10.3. The van der Waals surface area contributed by atoms with Gasteiger partial charge in [0.1, 0.15) is 0 Å². The Morgan fingerprint density at radius 3 is 2.53 bits per heavy atom. The average molecular weight is 265 g/mol. The lowest BCUT2D eigenvalue weighted by molar-refractivity contribution is 0.281. The Hall–Kier alpha value is -1.26. The molecule has 0 bridgehead atoms. The van der Waals surface area contributed by atoms with Gasteiger partial charge in [0.05, 0.1) is 6.61 Å². The van der Waals surface area contributed by atoms with Crippen LogP contribution >= 0.6 is 15.9 Å². The first kappa shape index (κ1) is 10.3. The number of hydrogen-bond donors (Lipinski definition) is 1. The molecule has 0 radical (unpaired) electrons. The van der Waals surface area contributed by atoms with E-state index in [4.69, 9.17) is 5.11 Å². The lowest BCUT2D eigenvalue weighted by Gasteiger charge is -2.01. The minimum absolute atomic E-state index is 0.0290. The number of benzene rings is 1. The third kappa shape index (κ3) is 2.40. The highest BCUT2D eigenvalue weighted by molar-refractivity contribution is 9.10. The predicted octanol–water partition coefficient (Wildman–Crippen LogP) is 2.40. The van der Waals surface area contributed by atoms with E-state index in [1.54, 1.807) is 12.4 Å². The number of aliphatic hydroxyl groups is 1. The standard InChI is InChI=1S/C11H9BrN2O/c12-10-3-1-2-9(4-10)11-13-5-8(7-15)6-14-11/h1-6,15H,7H2. The van der Waals surface area contributed by atoms with Crippen LogP contribution in [0.15, 0.2) is 41.1 Å². The summed E-state index contributed by atoms with van der Waals surface area (Å²) >= 11 is 3.39. The van der Waals surface area contributed by atoms with Crippen LogP contribution < -0.4 is 0 Å². The first-order chi connectivity index (χ1) is 7.29. The van der Waals surface area contributed by atoms with E-state index in [0.717, 1.165) is 10.0 Å². The Balaban J connectivity index is 2.37. The van der Waals surface area contributed by atoms with Gasteiger partial charge in [-0.25, -0.2) is 9.97 Å². The summed E-state index contributed by atoms with van der Waals surface area (Å²) in [6.45, 7) is -0.0290. The summed E-state index contributed by atoms with van der Waals surface area (Å²) in [6.07, 6.45) is 3.26. The van der Waals surface area contributed by atoms with Crippen molar-refractivity contribution in [1.29, 1.82) is 0 Å². The zero-order valence-corrected chi connectivity index (χ0v) is 9.48. The Bertz CT molecular complexity index is 456. The predicted molar refractivity (Wildman–Crippen MR) is 61.1 cm³/mol. The van der Waals surface area contributed by atoms with Gasteiger partial charge in [-0.1, -0.05) is 28.1 Å². The van der Waals surface area contributed by atoms with E-state index in [2.05, 4.69) is 25.9 Å². The second-order valence-corrected chi connectivity index (χ2v) is 4.00. The fourth-order valence-electron chi connectivity index (χ4n) is 1.21. The molecule has 0 aliphatic heterocycles. The van der Waals surface area contributed by atoms with Crippen molar-refractivity contribution in [2.75, 3.05) is 0 Å². The van der Waals surface area contributed by atoms with Crippen molar-refractivity contribution in [3.63, 3.8) is 0 Å². The van der Waals surface area contributed by atoms with Gasteiger partial charge in [-0.15, -0.1) is 0 Å². The fraction of sp³-hybridized carbons (Fsp3) is 0.0909. The molecule has 1 aromatic heterocycles. The lowest BCUT2D eigenvalue weighted by Crippen LogP contribution is -1.91. The number of nitrogens with zero attached hydrogens (tertiary/aromatic N) is 2. The summed E-state index contributed by atoms with van der Waals surface area (Å²) < 4.78 is 0.995. The fourth-order valence-corrected chi connectivity index (χ4v) is 1.61. The molecule has 0 spiro atoms. The van der Waals surface area contributed by atoms with E-state index in [0.29, 0.717) is 11.4 Å². The topological polar surface area (TPSA) is 46.0 Å². The molecule has 2 rings (SSSR count). The van der Waals surface area contributed by atoms with Crippen LogP contribution in [0.1, 0.15) is 5.56 Å². The minimum atomic E-state index is -0.0290. The molecular formula is C11H9BrN2O. The number of hydrogen-bond acceptors (Lipinski definition) is 3. The van der Waals surface area contributed by atoms with Crippen molar-refractivity contribution in [3.8, 4) is 11.4 Å². The summed E-state index contributed by atoms with van der Waals surface area (Å²) in [6, 6.07) is 7.78. The highest BCUT2D eigenvalue weighted by Gasteiger charge is 2.01. The molecule has 76 valence electrons. The van der Waals surface area contributed by atoms with Gasteiger partial charge in [-0.05, 0) is 12.1 Å². The molecule has 0 aliphatic carbocycles. The van der Waals surface area contributed by atoms with Crippen molar-refractivity contribution in [3.05, 3.63) is 46.7 Å². The van der Waals surface area contributed by atoms with Gasteiger partial charge in [-0.2, -0.15) is 0 Å². The smallest absolute Gasteiger partial charge is 0.159 e. The van der Waals surface area contributed by atoms with E-state index < -0.39 is 0 Å². The molecule has 0 atom stereocenters. The molecule has 1 N–H and O–H groups in total. The minimum Gasteiger partial charge on any atom is -0.392 e. The summed E-state index contributed by atoms with van der Waals surface area (Å²) in [7, 11) is 0. The van der Waals surface area contributed by atoms with Gasteiger partial charge >= 0.3 is 0 Å². The first-order valence-electron chi connectivity index (χ1n) is 4.47. The second-order valence-electron chi connectivity index (χ2n) is 3.08. The van der Waals surface area contributed by atoms with E-state index in [9.17, 15) is 0 Å². The van der Waals surface area contributed by atoms with Crippen LogP contribution in [0.25, 0.3) is 11.4 Å². The van der Waals surface area contributed by atoms with Crippen LogP contribution in [-0.4, -0.2) is 15.1 Å². The van der Waals surface area contributed by atoms with E-state index >= 15 is 0 Å². The van der Waals surface area contributed by atoms with Crippen molar-refractivity contribution >= 4 is 15.9 Å². The summed E-state index contributed by atoms with van der Waals surface area (Å²) in [5.74, 6) is 0.661. The number of aromatic nitrogens is 2. The van der Waals surface area contributed by atoms with Crippen molar-refractivity contribution in [2.24, 2.45) is 0 Å². The number of halogens is 1. The number of aliphatic hydroxyl groups excluding tert-OH is 1. The summed E-state index contributed by atoms with van der Waals surface area (Å²) in [5, 5.41) is 8.86. The molecule has 0 fully saturated rings. The quantitative estimate of drug-likeness (QED) is 0.906.